The van der Waals surface area contributed by atoms with Crippen molar-refractivity contribution in [2.75, 3.05) is 37.6 Å². The Balaban J connectivity index is 1.63. The summed E-state index contributed by atoms with van der Waals surface area (Å²) in [5, 5.41) is 0. The van der Waals surface area contributed by atoms with Gasteiger partial charge in [0.25, 0.3) is 0 Å². The first-order valence-corrected chi connectivity index (χ1v) is 9.81. The number of carbonyl (C=O) groups excluding carboxylic acids is 1. The molecule has 1 saturated heterocycles. The van der Waals surface area contributed by atoms with Crippen molar-refractivity contribution < 1.29 is 9.53 Å². The van der Waals surface area contributed by atoms with E-state index < -0.39 is 5.60 Å². The molecule has 0 saturated carbocycles. The maximum absolute atomic E-state index is 12.3. The molecular formula is C21H33N3O2. The molecule has 0 radical (unpaired) electrons. The van der Waals surface area contributed by atoms with Crippen molar-refractivity contribution in [1.82, 2.24) is 9.80 Å². The SMILES string of the molecule is CC(C)N1CCN(c2ccc3c(c2)CCN(C(=O)OC(C)(C)C)C3)CC1. The molecule has 5 nitrogen and oxygen atoms in total. The van der Waals surface area contributed by atoms with Gasteiger partial charge in [-0.1, -0.05) is 6.07 Å². The number of hydrogen-bond acceptors (Lipinski definition) is 4. The number of rotatable bonds is 2. The maximum Gasteiger partial charge on any atom is 0.410 e. The van der Waals surface area contributed by atoms with Crippen LogP contribution in [-0.4, -0.2) is 60.3 Å². The molecule has 3 rings (SSSR count). The topological polar surface area (TPSA) is 36.0 Å². The lowest BCUT2D eigenvalue weighted by atomic mass is 9.98. The quantitative estimate of drug-likeness (QED) is 0.810. The van der Waals surface area contributed by atoms with Crippen LogP contribution >= 0.6 is 0 Å². The van der Waals surface area contributed by atoms with Gasteiger partial charge in [0.15, 0.2) is 0 Å². The molecule has 2 aliphatic rings. The summed E-state index contributed by atoms with van der Waals surface area (Å²) in [7, 11) is 0. The molecular weight excluding hydrogens is 326 g/mol. The van der Waals surface area contributed by atoms with Gasteiger partial charge in [0.05, 0.1) is 0 Å². The zero-order valence-electron chi connectivity index (χ0n) is 16.9. The number of amides is 1. The molecule has 26 heavy (non-hydrogen) atoms. The number of anilines is 1. The lowest BCUT2D eigenvalue weighted by Gasteiger charge is -2.38. The molecule has 0 aliphatic carbocycles. The highest BCUT2D eigenvalue weighted by atomic mass is 16.6. The van der Waals surface area contributed by atoms with Crippen LogP contribution in [0.2, 0.25) is 0 Å². The van der Waals surface area contributed by atoms with Gasteiger partial charge in [-0.15, -0.1) is 0 Å². The molecule has 1 aromatic rings. The van der Waals surface area contributed by atoms with Crippen molar-refractivity contribution in [2.24, 2.45) is 0 Å². The summed E-state index contributed by atoms with van der Waals surface area (Å²) in [4.78, 5) is 19.1. The van der Waals surface area contributed by atoms with Crippen molar-refractivity contribution >= 4 is 11.8 Å². The molecule has 0 unspecified atom stereocenters. The lowest BCUT2D eigenvalue weighted by Crippen LogP contribution is -2.49. The van der Waals surface area contributed by atoms with Gasteiger partial charge in [0.2, 0.25) is 0 Å². The van der Waals surface area contributed by atoms with Gasteiger partial charge >= 0.3 is 6.09 Å². The Morgan fingerprint density at radius 3 is 2.35 bits per heavy atom. The highest BCUT2D eigenvalue weighted by Gasteiger charge is 2.26. The summed E-state index contributed by atoms with van der Waals surface area (Å²) in [5.41, 5.74) is 3.48. The Morgan fingerprint density at radius 2 is 1.73 bits per heavy atom. The normalized spacial score (nSPS) is 18.8. The number of piperazine rings is 1. The lowest BCUT2D eigenvalue weighted by molar-refractivity contribution is 0.0224. The predicted octanol–water partition coefficient (Wildman–Crippen LogP) is 3.51. The molecule has 0 N–H and O–H groups in total. The molecule has 2 aliphatic heterocycles. The molecule has 0 atom stereocenters. The Hall–Kier alpha value is -1.75. The van der Waals surface area contributed by atoms with Crippen LogP contribution in [0.4, 0.5) is 10.5 Å². The Bertz CT molecular complexity index is 643. The average molecular weight is 360 g/mol. The molecule has 5 heteroatoms. The first-order chi connectivity index (χ1) is 12.2. The van der Waals surface area contributed by atoms with Crippen molar-refractivity contribution in [3.8, 4) is 0 Å². The average Bonchev–Trinajstić information content (AvgIpc) is 2.59. The Morgan fingerprint density at radius 1 is 1.04 bits per heavy atom. The van der Waals surface area contributed by atoms with Gasteiger partial charge in [-0.2, -0.15) is 0 Å². The summed E-state index contributed by atoms with van der Waals surface area (Å²) >= 11 is 0. The molecule has 1 aromatic carbocycles. The van der Waals surface area contributed by atoms with Crippen LogP contribution in [0.25, 0.3) is 0 Å². The summed E-state index contributed by atoms with van der Waals surface area (Å²) in [6.07, 6.45) is 0.686. The van der Waals surface area contributed by atoms with E-state index in [2.05, 4.69) is 41.8 Å². The summed E-state index contributed by atoms with van der Waals surface area (Å²) in [5.74, 6) is 0. The van der Waals surface area contributed by atoms with Crippen LogP contribution in [0.1, 0.15) is 45.7 Å². The summed E-state index contributed by atoms with van der Waals surface area (Å²) < 4.78 is 5.51. The second-order valence-corrected chi connectivity index (χ2v) is 8.72. The molecule has 0 bridgehead atoms. The van der Waals surface area contributed by atoms with Gasteiger partial charge in [-0.3, -0.25) is 4.90 Å². The van der Waals surface area contributed by atoms with E-state index in [9.17, 15) is 4.79 Å². The molecule has 0 spiro atoms. The Labute approximate surface area is 157 Å². The van der Waals surface area contributed by atoms with E-state index in [0.29, 0.717) is 12.6 Å². The number of hydrogen-bond donors (Lipinski definition) is 0. The predicted molar refractivity (Wildman–Crippen MR) is 106 cm³/mol. The fourth-order valence-electron chi connectivity index (χ4n) is 3.71. The maximum atomic E-state index is 12.3. The second-order valence-electron chi connectivity index (χ2n) is 8.72. The van der Waals surface area contributed by atoms with Crippen molar-refractivity contribution in [1.29, 1.82) is 0 Å². The summed E-state index contributed by atoms with van der Waals surface area (Å²) in [6.45, 7) is 16.1. The fraction of sp³-hybridized carbons (Fsp3) is 0.667. The van der Waals surface area contributed by atoms with E-state index in [-0.39, 0.29) is 6.09 Å². The number of ether oxygens (including phenoxy) is 1. The van der Waals surface area contributed by atoms with E-state index in [0.717, 1.165) is 39.1 Å². The van der Waals surface area contributed by atoms with Crippen molar-refractivity contribution in [3.05, 3.63) is 29.3 Å². The van der Waals surface area contributed by atoms with Crippen LogP contribution in [0, 0.1) is 0 Å². The van der Waals surface area contributed by atoms with Gasteiger partial charge in [0.1, 0.15) is 5.60 Å². The molecule has 2 heterocycles. The monoisotopic (exact) mass is 359 g/mol. The number of benzene rings is 1. The Kier molecular flexibility index (Phi) is 5.47. The van der Waals surface area contributed by atoms with E-state index in [1.807, 2.05) is 25.7 Å². The highest BCUT2D eigenvalue weighted by Crippen LogP contribution is 2.26. The summed E-state index contributed by atoms with van der Waals surface area (Å²) in [6, 6.07) is 7.35. The largest absolute Gasteiger partial charge is 0.444 e. The van der Waals surface area contributed by atoms with Gasteiger partial charge in [0, 0.05) is 51.0 Å². The first-order valence-electron chi connectivity index (χ1n) is 9.81. The fourth-order valence-corrected chi connectivity index (χ4v) is 3.71. The van der Waals surface area contributed by atoms with Gasteiger partial charge < -0.3 is 14.5 Å². The molecule has 1 amide bonds. The van der Waals surface area contributed by atoms with Crippen LogP contribution in [-0.2, 0) is 17.7 Å². The zero-order valence-corrected chi connectivity index (χ0v) is 16.9. The second kappa shape index (κ2) is 7.47. The third-order valence-electron chi connectivity index (χ3n) is 5.26. The standard InChI is InChI=1S/C21H33N3O2/c1-16(2)22-10-12-23(13-11-22)19-7-6-18-15-24(9-8-17(18)14-19)20(25)26-21(3,4)5/h6-7,14,16H,8-13,15H2,1-5H3. The minimum atomic E-state index is -0.445. The van der Waals surface area contributed by atoms with Crippen molar-refractivity contribution in [3.63, 3.8) is 0 Å². The van der Waals surface area contributed by atoms with E-state index in [1.54, 1.807) is 0 Å². The number of carbonyl (C=O) groups is 1. The van der Waals surface area contributed by atoms with E-state index >= 15 is 0 Å². The van der Waals surface area contributed by atoms with Crippen LogP contribution in [0.3, 0.4) is 0 Å². The third kappa shape index (κ3) is 4.50. The zero-order chi connectivity index (χ0) is 18.9. The number of nitrogens with zero attached hydrogens (tertiary/aromatic N) is 3. The molecule has 0 aromatic heterocycles. The van der Waals surface area contributed by atoms with Crippen LogP contribution < -0.4 is 4.90 Å². The smallest absolute Gasteiger partial charge is 0.410 e. The first kappa shape index (κ1) is 19.0. The number of fused-ring (bicyclic) bond motifs is 1. The molecule has 144 valence electrons. The minimum absolute atomic E-state index is 0.211. The van der Waals surface area contributed by atoms with Crippen LogP contribution in [0.5, 0.6) is 0 Å². The minimum Gasteiger partial charge on any atom is -0.444 e. The molecule has 1 fully saturated rings. The highest BCUT2D eigenvalue weighted by molar-refractivity contribution is 5.69. The van der Waals surface area contributed by atoms with Crippen molar-refractivity contribution in [2.45, 2.75) is 59.2 Å². The van der Waals surface area contributed by atoms with E-state index in [1.165, 1.54) is 16.8 Å². The van der Waals surface area contributed by atoms with Gasteiger partial charge in [-0.25, -0.2) is 4.79 Å². The van der Waals surface area contributed by atoms with Gasteiger partial charge in [-0.05, 0) is 64.3 Å². The van der Waals surface area contributed by atoms with E-state index in [4.69, 9.17) is 4.74 Å². The van der Waals surface area contributed by atoms with Crippen LogP contribution in [0.15, 0.2) is 18.2 Å². The third-order valence-corrected chi connectivity index (χ3v) is 5.26.